The molecule has 5 aliphatic carbocycles. The van der Waals surface area contributed by atoms with Crippen LogP contribution in [-0.2, 0) is 14.3 Å². The van der Waals surface area contributed by atoms with E-state index < -0.39 is 65.6 Å². The maximum atomic E-state index is 14.1. The minimum absolute atomic E-state index is 0.0341. The van der Waals surface area contributed by atoms with Gasteiger partial charge in [0, 0.05) is 17.9 Å². The average molecular weight is 637 g/mol. The molecule has 0 unspecified atom stereocenters. The van der Waals surface area contributed by atoms with E-state index in [0.717, 1.165) is 32.1 Å². The highest BCUT2D eigenvalue weighted by Crippen LogP contribution is 2.75. The third-order valence-electron chi connectivity index (χ3n) is 14.8. The Kier molecular flexibility index (Phi) is 8.03. The minimum atomic E-state index is -1.76. The third-order valence-corrected chi connectivity index (χ3v) is 14.8. The number of rotatable bonds is 3. The van der Waals surface area contributed by atoms with E-state index in [9.17, 15) is 40.5 Å². The second-order valence-electron chi connectivity index (χ2n) is 17.5. The first-order chi connectivity index (χ1) is 20.8. The molecule has 0 aromatic carbocycles. The van der Waals surface area contributed by atoms with Gasteiger partial charge in [-0.1, -0.05) is 46.3 Å². The molecule has 0 amide bonds. The standard InChI is InChI=1S/C35H56O10/c1-30(2)9-11-35(17-36)12-10-32(4)18(19(35)13-30)7-8-23-31(3)14-21(38)27(42)34(6,26(31)20(37)15-33(23,32)5)29(43)45-28-25(41)24(40)22(39)16-44-28/h7,19-28,36-42H,8-17H2,1-6H3/t19-,20-,21+,22+,23-,24+,25-,26+,27+,28+,31-,32-,33-,34+,35-/m1/s1. The van der Waals surface area contributed by atoms with Crippen LogP contribution in [0.1, 0.15) is 92.9 Å². The lowest BCUT2D eigenvalue weighted by Crippen LogP contribution is -2.72. The lowest BCUT2D eigenvalue weighted by atomic mass is 9.33. The zero-order chi connectivity index (χ0) is 33.1. The topological polar surface area (TPSA) is 177 Å². The molecule has 15 atom stereocenters. The van der Waals surface area contributed by atoms with Crippen molar-refractivity contribution in [3.63, 3.8) is 0 Å². The van der Waals surface area contributed by atoms with Crippen molar-refractivity contribution in [2.45, 2.75) is 136 Å². The second-order valence-corrected chi connectivity index (χ2v) is 17.5. The van der Waals surface area contributed by atoms with Crippen molar-refractivity contribution in [2.24, 2.45) is 50.2 Å². The number of hydrogen-bond donors (Lipinski definition) is 7. The number of fused-ring (bicyclic) bond motifs is 7. The molecular formula is C35H56O10. The van der Waals surface area contributed by atoms with Gasteiger partial charge in [-0.25, -0.2) is 0 Å². The molecule has 0 bridgehead atoms. The molecule has 6 rings (SSSR count). The molecule has 256 valence electrons. The molecule has 6 aliphatic rings. The Labute approximate surface area is 266 Å². The van der Waals surface area contributed by atoms with Crippen LogP contribution in [0.5, 0.6) is 0 Å². The molecule has 1 saturated heterocycles. The first-order valence-electron chi connectivity index (χ1n) is 17.0. The monoisotopic (exact) mass is 636 g/mol. The molecule has 0 aromatic heterocycles. The fourth-order valence-corrected chi connectivity index (χ4v) is 12.0. The number of hydrogen-bond acceptors (Lipinski definition) is 10. The van der Waals surface area contributed by atoms with Gasteiger partial charge in [-0.3, -0.25) is 4.79 Å². The van der Waals surface area contributed by atoms with E-state index in [2.05, 4.69) is 33.8 Å². The lowest BCUT2D eigenvalue weighted by molar-refractivity contribution is -0.291. The van der Waals surface area contributed by atoms with Crippen LogP contribution >= 0.6 is 0 Å². The largest absolute Gasteiger partial charge is 0.432 e. The van der Waals surface area contributed by atoms with Gasteiger partial charge in [0.05, 0.1) is 30.3 Å². The highest BCUT2D eigenvalue weighted by atomic mass is 16.7. The van der Waals surface area contributed by atoms with Crippen molar-refractivity contribution in [3.05, 3.63) is 11.6 Å². The van der Waals surface area contributed by atoms with Gasteiger partial charge in [-0.15, -0.1) is 0 Å². The molecule has 0 radical (unpaired) electrons. The second kappa shape index (κ2) is 10.7. The number of ether oxygens (including phenoxy) is 2. The minimum Gasteiger partial charge on any atom is -0.432 e. The quantitative estimate of drug-likeness (QED) is 0.179. The fraction of sp³-hybridized carbons (Fsp3) is 0.914. The maximum Gasteiger partial charge on any atom is 0.317 e. The molecule has 4 saturated carbocycles. The number of carbonyl (C=O) groups excluding carboxylic acids is 1. The normalized spacial score (nSPS) is 55.7. The van der Waals surface area contributed by atoms with Crippen LogP contribution in [0.2, 0.25) is 0 Å². The summed E-state index contributed by atoms with van der Waals surface area (Å²) in [5, 5.41) is 76.3. The van der Waals surface area contributed by atoms with Crippen molar-refractivity contribution in [1.29, 1.82) is 0 Å². The summed E-state index contributed by atoms with van der Waals surface area (Å²) in [6.45, 7) is 12.6. The summed E-state index contributed by atoms with van der Waals surface area (Å²) in [5.74, 6) is -1.50. The highest BCUT2D eigenvalue weighted by molar-refractivity contribution is 5.78. The van der Waals surface area contributed by atoms with Gasteiger partial charge in [-0.2, -0.15) is 0 Å². The van der Waals surface area contributed by atoms with Gasteiger partial charge in [0.1, 0.15) is 18.3 Å². The molecule has 7 N–H and O–H groups in total. The van der Waals surface area contributed by atoms with Gasteiger partial charge < -0.3 is 45.2 Å². The summed E-state index contributed by atoms with van der Waals surface area (Å²) in [6.07, 6.45) is -1.49. The Morgan fingerprint density at radius 3 is 2.20 bits per heavy atom. The lowest BCUT2D eigenvalue weighted by Gasteiger charge is -2.72. The number of esters is 1. The molecule has 0 aromatic rings. The van der Waals surface area contributed by atoms with Crippen LogP contribution in [-0.4, -0.2) is 97.8 Å². The Bertz CT molecular complexity index is 1220. The Morgan fingerprint density at radius 2 is 1.53 bits per heavy atom. The van der Waals surface area contributed by atoms with E-state index in [0.29, 0.717) is 12.8 Å². The molecule has 45 heavy (non-hydrogen) atoms. The van der Waals surface area contributed by atoms with Gasteiger partial charge in [0.15, 0.2) is 0 Å². The zero-order valence-electron chi connectivity index (χ0n) is 27.8. The summed E-state index contributed by atoms with van der Waals surface area (Å²) in [4.78, 5) is 14.1. The number of aliphatic hydroxyl groups excluding tert-OH is 7. The Morgan fingerprint density at radius 1 is 0.867 bits per heavy atom. The first kappa shape index (κ1) is 33.8. The summed E-state index contributed by atoms with van der Waals surface area (Å²) in [5.41, 5.74) is -1.76. The maximum absolute atomic E-state index is 14.1. The Balaban J connectivity index is 1.38. The SMILES string of the molecule is CC1(C)CC[C@]2(CO)CC[C@]3(C)C(=CC[C@@H]4[C@@]5(C)C[C@H](O)[C@H](O)[C@@](C)(C(=O)O[C@@H]6OC[C@H](O)[C@H](O)[C@H]6O)[C@H]5[C@H](O)C[C@]43C)[C@H]2C1. The third kappa shape index (κ3) is 4.52. The van der Waals surface area contributed by atoms with Crippen LogP contribution in [0.15, 0.2) is 11.6 Å². The van der Waals surface area contributed by atoms with Crippen molar-refractivity contribution >= 4 is 5.97 Å². The average Bonchev–Trinajstić information content (AvgIpc) is 2.96. The van der Waals surface area contributed by atoms with Gasteiger partial charge in [0.25, 0.3) is 0 Å². The molecule has 5 fully saturated rings. The highest BCUT2D eigenvalue weighted by Gasteiger charge is 2.73. The van der Waals surface area contributed by atoms with E-state index in [1.807, 2.05) is 6.92 Å². The van der Waals surface area contributed by atoms with E-state index in [-0.39, 0.29) is 53.1 Å². The molecule has 1 heterocycles. The van der Waals surface area contributed by atoms with Crippen LogP contribution in [0.4, 0.5) is 0 Å². The van der Waals surface area contributed by atoms with E-state index >= 15 is 0 Å². The molecule has 10 nitrogen and oxygen atoms in total. The van der Waals surface area contributed by atoms with Crippen molar-refractivity contribution in [1.82, 2.24) is 0 Å². The Hall–Kier alpha value is -1.11. The van der Waals surface area contributed by atoms with Gasteiger partial charge in [-0.05, 0) is 91.8 Å². The van der Waals surface area contributed by atoms with Crippen LogP contribution in [0.3, 0.4) is 0 Å². The summed E-state index contributed by atoms with van der Waals surface area (Å²) >= 11 is 0. The smallest absolute Gasteiger partial charge is 0.317 e. The molecular weight excluding hydrogens is 580 g/mol. The first-order valence-corrected chi connectivity index (χ1v) is 17.0. The van der Waals surface area contributed by atoms with Gasteiger partial charge >= 0.3 is 5.97 Å². The summed E-state index contributed by atoms with van der Waals surface area (Å²) < 4.78 is 10.9. The van der Waals surface area contributed by atoms with Crippen molar-refractivity contribution in [2.75, 3.05) is 13.2 Å². The zero-order valence-corrected chi connectivity index (χ0v) is 27.8. The van der Waals surface area contributed by atoms with E-state index in [1.54, 1.807) is 0 Å². The fourth-order valence-electron chi connectivity index (χ4n) is 12.0. The van der Waals surface area contributed by atoms with E-state index in [1.165, 1.54) is 12.5 Å². The summed E-state index contributed by atoms with van der Waals surface area (Å²) in [6, 6.07) is 0. The molecule has 10 heteroatoms. The van der Waals surface area contributed by atoms with Crippen molar-refractivity contribution < 1.29 is 50.0 Å². The van der Waals surface area contributed by atoms with Crippen LogP contribution < -0.4 is 0 Å². The van der Waals surface area contributed by atoms with Crippen molar-refractivity contribution in [3.8, 4) is 0 Å². The number of allylic oxidation sites excluding steroid dienone is 2. The predicted molar refractivity (Wildman–Crippen MR) is 163 cm³/mol. The van der Waals surface area contributed by atoms with Crippen LogP contribution in [0, 0.1) is 50.2 Å². The molecule has 0 spiro atoms. The predicted octanol–water partition coefficient (Wildman–Crippen LogP) is 2.05. The van der Waals surface area contributed by atoms with E-state index in [4.69, 9.17) is 9.47 Å². The number of carbonyl (C=O) groups is 1. The summed E-state index contributed by atoms with van der Waals surface area (Å²) in [7, 11) is 0. The van der Waals surface area contributed by atoms with Crippen LogP contribution in [0.25, 0.3) is 0 Å². The van der Waals surface area contributed by atoms with Gasteiger partial charge in [0.2, 0.25) is 6.29 Å². The number of aliphatic hydroxyl groups is 7. The molecule has 1 aliphatic heterocycles.